The number of rotatable bonds is 4. The van der Waals surface area contributed by atoms with E-state index in [0.29, 0.717) is 0 Å². The Bertz CT molecular complexity index is 652. The molecule has 0 aliphatic heterocycles. The SMILES string of the molecule is COc1ncnc(-n2cc(C(=O)O)cn2)c1[N+](=O)[O-]. The highest BCUT2D eigenvalue weighted by atomic mass is 16.6. The molecule has 0 radical (unpaired) electrons. The molecule has 2 aromatic rings. The first-order valence-electron chi connectivity index (χ1n) is 4.86. The number of aromatic nitrogens is 4. The molecule has 0 spiro atoms. The third-order valence-electron chi connectivity index (χ3n) is 2.19. The van der Waals surface area contributed by atoms with Crippen LogP contribution in [0.3, 0.4) is 0 Å². The summed E-state index contributed by atoms with van der Waals surface area (Å²) >= 11 is 0. The Kier molecular flexibility index (Phi) is 3.06. The summed E-state index contributed by atoms with van der Waals surface area (Å²) in [6.45, 7) is 0. The van der Waals surface area contributed by atoms with Gasteiger partial charge in [0.1, 0.15) is 6.33 Å². The zero-order valence-electron chi connectivity index (χ0n) is 9.55. The molecule has 0 fully saturated rings. The van der Waals surface area contributed by atoms with Gasteiger partial charge in [-0.2, -0.15) is 10.1 Å². The van der Waals surface area contributed by atoms with Gasteiger partial charge in [0.15, 0.2) is 0 Å². The summed E-state index contributed by atoms with van der Waals surface area (Å²) in [5, 5.41) is 23.5. The van der Waals surface area contributed by atoms with Crippen molar-refractivity contribution >= 4 is 11.7 Å². The molecule has 1 N–H and O–H groups in total. The molecule has 0 aliphatic carbocycles. The van der Waals surface area contributed by atoms with Gasteiger partial charge in [0, 0.05) is 6.20 Å². The maximum atomic E-state index is 11.0. The second-order valence-electron chi connectivity index (χ2n) is 3.29. The van der Waals surface area contributed by atoms with Gasteiger partial charge in [0.2, 0.25) is 5.82 Å². The highest BCUT2D eigenvalue weighted by Crippen LogP contribution is 2.28. The number of nitrogens with zero attached hydrogens (tertiary/aromatic N) is 5. The van der Waals surface area contributed by atoms with Crippen LogP contribution in [0.5, 0.6) is 5.88 Å². The summed E-state index contributed by atoms with van der Waals surface area (Å²) in [7, 11) is 1.23. The largest absolute Gasteiger partial charge is 0.478 e. The zero-order chi connectivity index (χ0) is 14.0. The Balaban J connectivity index is 2.60. The van der Waals surface area contributed by atoms with E-state index in [1.807, 2.05) is 0 Å². The van der Waals surface area contributed by atoms with Crippen LogP contribution in [0.4, 0.5) is 5.69 Å². The fraction of sp³-hybridized carbons (Fsp3) is 0.111. The number of nitro groups is 1. The molecule has 2 rings (SSSR count). The lowest BCUT2D eigenvalue weighted by atomic mass is 10.4. The molecule has 19 heavy (non-hydrogen) atoms. The average molecular weight is 265 g/mol. The zero-order valence-corrected chi connectivity index (χ0v) is 9.55. The van der Waals surface area contributed by atoms with E-state index in [1.165, 1.54) is 7.11 Å². The fourth-order valence-electron chi connectivity index (χ4n) is 1.38. The normalized spacial score (nSPS) is 10.2. The quantitative estimate of drug-likeness (QED) is 0.615. The average Bonchev–Trinajstić information content (AvgIpc) is 2.87. The maximum Gasteiger partial charge on any atom is 0.375 e. The van der Waals surface area contributed by atoms with Crippen molar-refractivity contribution in [3.8, 4) is 11.7 Å². The Labute approximate surface area is 105 Å². The van der Waals surface area contributed by atoms with Gasteiger partial charge in [-0.1, -0.05) is 0 Å². The molecular weight excluding hydrogens is 258 g/mol. The van der Waals surface area contributed by atoms with Crippen LogP contribution in [0.1, 0.15) is 10.4 Å². The lowest BCUT2D eigenvalue weighted by Crippen LogP contribution is -2.06. The van der Waals surface area contributed by atoms with E-state index in [1.54, 1.807) is 0 Å². The van der Waals surface area contributed by atoms with Gasteiger partial charge in [-0.05, 0) is 0 Å². The fourth-order valence-corrected chi connectivity index (χ4v) is 1.38. The van der Waals surface area contributed by atoms with Crippen LogP contribution in [0.15, 0.2) is 18.7 Å². The minimum Gasteiger partial charge on any atom is -0.478 e. The Hall–Kier alpha value is -3.04. The van der Waals surface area contributed by atoms with Crippen molar-refractivity contribution in [2.24, 2.45) is 0 Å². The highest BCUT2D eigenvalue weighted by molar-refractivity contribution is 5.87. The van der Waals surface area contributed by atoms with Gasteiger partial charge in [-0.3, -0.25) is 10.1 Å². The number of carboxylic acids is 1. The second-order valence-corrected chi connectivity index (χ2v) is 3.29. The van der Waals surface area contributed by atoms with E-state index in [9.17, 15) is 14.9 Å². The molecule has 10 nitrogen and oxygen atoms in total. The number of methoxy groups -OCH3 is 1. The highest BCUT2D eigenvalue weighted by Gasteiger charge is 2.26. The minimum absolute atomic E-state index is 0.119. The first-order valence-corrected chi connectivity index (χ1v) is 4.86. The van der Waals surface area contributed by atoms with E-state index in [4.69, 9.17) is 9.84 Å². The van der Waals surface area contributed by atoms with Crippen LogP contribution in [0.2, 0.25) is 0 Å². The number of hydrogen-bond acceptors (Lipinski definition) is 7. The van der Waals surface area contributed by atoms with E-state index in [2.05, 4.69) is 15.1 Å². The summed E-state index contributed by atoms with van der Waals surface area (Å²) in [6.07, 6.45) is 3.22. The van der Waals surface area contributed by atoms with Gasteiger partial charge in [0.25, 0.3) is 5.88 Å². The van der Waals surface area contributed by atoms with Crippen molar-refractivity contribution in [1.82, 2.24) is 19.7 Å². The summed E-state index contributed by atoms with van der Waals surface area (Å²) in [4.78, 5) is 28.4. The number of carbonyl (C=O) groups is 1. The molecule has 2 heterocycles. The molecule has 0 aliphatic rings. The van der Waals surface area contributed by atoms with Crippen LogP contribution in [-0.2, 0) is 0 Å². The Morgan fingerprint density at radius 1 is 1.53 bits per heavy atom. The molecule has 2 aromatic heterocycles. The third kappa shape index (κ3) is 2.18. The summed E-state index contributed by atoms with van der Waals surface area (Å²) < 4.78 is 5.75. The van der Waals surface area contributed by atoms with Crippen LogP contribution < -0.4 is 4.74 Å². The monoisotopic (exact) mass is 265 g/mol. The Morgan fingerprint density at radius 2 is 2.26 bits per heavy atom. The summed E-state index contributed by atoms with van der Waals surface area (Å²) in [5.74, 6) is -1.61. The van der Waals surface area contributed by atoms with Crippen molar-refractivity contribution in [2.45, 2.75) is 0 Å². The number of carboxylic acid groups (broad SMARTS) is 1. The van der Waals surface area contributed by atoms with Crippen molar-refractivity contribution in [2.75, 3.05) is 7.11 Å². The molecule has 0 unspecified atom stereocenters. The van der Waals surface area contributed by atoms with Crippen LogP contribution in [0, 0.1) is 10.1 Å². The Morgan fingerprint density at radius 3 is 2.79 bits per heavy atom. The molecule has 10 heteroatoms. The number of aromatic carboxylic acids is 1. The predicted octanol–water partition coefficient (Wildman–Crippen LogP) is 0.277. The van der Waals surface area contributed by atoms with E-state index in [-0.39, 0.29) is 17.3 Å². The van der Waals surface area contributed by atoms with Gasteiger partial charge >= 0.3 is 11.7 Å². The first-order chi connectivity index (χ1) is 9.04. The lowest BCUT2D eigenvalue weighted by Gasteiger charge is -2.04. The standard InChI is InChI=1S/C9H7N5O5/c1-19-8-6(14(17)18)7(10-4-11-8)13-3-5(2-12-13)9(15)16/h2-4H,1H3,(H,15,16). The minimum atomic E-state index is -1.20. The molecule has 0 saturated heterocycles. The smallest absolute Gasteiger partial charge is 0.375 e. The van der Waals surface area contributed by atoms with Crippen molar-refractivity contribution < 1.29 is 19.6 Å². The lowest BCUT2D eigenvalue weighted by molar-refractivity contribution is -0.386. The van der Waals surface area contributed by atoms with Gasteiger partial charge < -0.3 is 9.84 Å². The van der Waals surface area contributed by atoms with Crippen molar-refractivity contribution in [1.29, 1.82) is 0 Å². The predicted molar refractivity (Wildman–Crippen MR) is 59.3 cm³/mol. The first kappa shape index (κ1) is 12.4. The van der Waals surface area contributed by atoms with Gasteiger partial charge in [-0.15, -0.1) is 0 Å². The van der Waals surface area contributed by atoms with Gasteiger partial charge in [-0.25, -0.2) is 14.5 Å². The van der Waals surface area contributed by atoms with Crippen LogP contribution in [-0.4, -0.2) is 42.9 Å². The molecule has 0 amide bonds. The van der Waals surface area contributed by atoms with E-state index >= 15 is 0 Å². The number of hydrogen-bond donors (Lipinski definition) is 1. The maximum absolute atomic E-state index is 11.0. The summed E-state index contributed by atoms with van der Waals surface area (Å²) in [5.41, 5.74) is -0.614. The topological polar surface area (TPSA) is 133 Å². The molecule has 98 valence electrons. The molecule has 0 atom stereocenters. The third-order valence-corrected chi connectivity index (χ3v) is 2.19. The van der Waals surface area contributed by atoms with Crippen molar-refractivity contribution in [3.05, 3.63) is 34.4 Å². The van der Waals surface area contributed by atoms with E-state index < -0.39 is 16.6 Å². The summed E-state index contributed by atoms with van der Waals surface area (Å²) in [6, 6.07) is 0. The van der Waals surface area contributed by atoms with E-state index in [0.717, 1.165) is 23.4 Å². The van der Waals surface area contributed by atoms with Crippen LogP contribution >= 0.6 is 0 Å². The molecule has 0 bridgehead atoms. The number of ether oxygens (including phenoxy) is 1. The van der Waals surface area contributed by atoms with Gasteiger partial charge in [0.05, 0.1) is 23.8 Å². The molecule has 0 aromatic carbocycles. The molecule has 0 saturated carbocycles. The molecular formula is C9H7N5O5. The van der Waals surface area contributed by atoms with Crippen LogP contribution in [0.25, 0.3) is 5.82 Å². The van der Waals surface area contributed by atoms with Crippen molar-refractivity contribution in [3.63, 3.8) is 0 Å². The second kappa shape index (κ2) is 4.68.